The predicted octanol–water partition coefficient (Wildman–Crippen LogP) is 22.8. The first kappa shape index (κ1) is 95.1. The lowest BCUT2D eigenvalue weighted by molar-refractivity contribution is -0.161. The van der Waals surface area contributed by atoms with E-state index in [-0.39, 0.29) is 25.7 Å². The Balaban J connectivity index is 5.21. The molecule has 0 aliphatic rings. The van der Waals surface area contributed by atoms with Crippen molar-refractivity contribution in [2.75, 3.05) is 39.6 Å². The average molecular weight is 1420 g/mol. The minimum Gasteiger partial charge on any atom is -0.462 e. The maximum Gasteiger partial charge on any atom is 0.472 e. The third-order valence-corrected chi connectivity index (χ3v) is 20.3. The molecule has 6 atom stereocenters. The number of carbonyl (C=O) groups excluding carboxylic acids is 4. The van der Waals surface area contributed by atoms with Crippen LogP contribution in [0.1, 0.15) is 396 Å². The van der Waals surface area contributed by atoms with Crippen LogP contribution in [0.5, 0.6) is 0 Å². The van der Waals surface area contributed by atoms with Crippen molar-refractivity contribution in [1.29, 1.82) is 0 Å². The van der Waals surface area contributed by atoms with Gasteiger partial charge < -0.3 is 33.8 Å². The zero-order chi connectivity index (χ0) is 71.7. The summed E-state index contributed by atoms with van der Waals surface area (Å²) in [5.41, 5.74) is 0. The number of unbranched alkanes of at least 4 members (excludes halogenated alkanes) is 40. The van der Waals surface area contributed by atoms with Crippen molar-refractivity contribution in [1.82, 2.24) is 0 Å². The molecule has 576 valence electrons. The van der Waals surface area contributed by atoms with Crippen LogP contribution in [-0.4, -0.2) is 96.7 Å². The highest BCUT2D eigenvalue weighted by Gasteiger charge is 2.30. The Morgan fingerprint density at radius 1 is 0.289 bits per heavy atom. The van der Waals surface area contributed by atoms with E-state index in [4.69, 9.17) is 37.0 Å². The molecule has 0 fully saturated rings. The van der Waals surface area contributed by atoms with Crippen LogP contribution in [0, 0.1) is 23.7 Å². The fraction of sp³-hybridized carbons (Fsp3) is 0.949. The van der Waals surface area contributed by atoms with Gasteiger partial charge in [0.25, 0.3) is 0 Å². The van der Waals surface area contributed by atoms with E-state index in [2.05, 4.69) is 55.4 Å². The largest absolute Gasteiger partial charge is 0.472 e. The number of carbonyl (C=O) groups is 4. The third-order valence-electron chi connectivity index (χ3n) is 18.4. The van der Waals surface area contributed by atoms with Crippen molar-refractivity contribution in [2.24, 2.45) is 23.7 Å². The highest BCUT2D eigenvalue weighted by molar-refractivity contribution is 7.47. The normalized spacial score (nSPS) is 14.4. The molecule has 0 aromatic carbocycles. The van der Waals surface area contributed by atoms with Crippen LogP contribution in [0.2, 0.25) is 0 Å². The molecule has 0 aliphatic carbocycles. The van der Waals surface area contributed by atoms with Crippen molar-refractivity contribution in [3.8, 4) is 0 Å². The minimum atomic E-state index is -4.96. The van der Waals surface area contributed by atoms with Gasteiger partial charge in [0, 0.05) is 25.7 Å². The molecule has 3 N–H and O–H groups in total. The van der Waals surface area contributed by atoms with Crippen molar-refractivity contribution in [2.45, 2.75) is 414 Å². The number of aliphatic hydroxyl groups excluding tert-OH is 1. The van der Waals surface area contributed by atoms with Crippen molar-refractivity contribution < 1.29 is 80.2 Å². The summed E-state index contributed by atoms with van der Waals surface area (Å²) in [5, 5.41) is 10.6. The van der Waals surface area contributed by atoms with E-state index in [0.29, 0.717) is 31.6 Å². The smallest absolute Gasteiger partial charge is 0.462 e. The van der Waals surface area contributed by atoms with Gasteiger partial charge in [-0.3, -0.25) is 37.3 Å². The Bertz CT molecular complexity index is 1900. The lowest BCUT2D eigenvalue weighted by Gasteiger charge is -2.21. The molecule has 0 heterocycles. The van der Waals surface area contributed by atoms with E-state index < -0.39 is 97.5 Å². The van der Waals surface area contributed by atoms with Gasteiger partial charge in [0.05, 0.1) is 26.4 Å². The van der Waals surface area contributed by atoms with E-state index in [1.807, 2.05) is 0 Å². The predicted molar refractivity (Wildman–Crippen MR) is 395 cm³/mol. The second kappa shape index (κ2) is 67.2. The van der Waals surface area contributed by atoms with Crippen LogP contribution < -0.4 is 0 Å². The SMILES string of the molecule is CCC(C)CCCCCCCCCCC(=O)O[C@H](COC(=O)CCCCCCCCCCCCCCCC(C)C)COP(=O)(O)OCC(O)COP(=O)(O)OC[C@@H](COC(=O)CCCCCCCCCC(C)C)OC(=O)CCCCCCCCCCCCCCCCCCC(C)C. The standard InChI is InChI=1S/C78H152O17P2/c1-9-71(8)57-49-41-33-27-28-36-45-53-61-78(83)95-73(64-88-75(80)58-50-42-34-25-21-18-14-16-20-24-31-39-47-55-69(4)5)66-92-96(84,85)90-62-72(79)63-91-97(86,87)93-67-74(65-89-76(81)59-51-43-37-29-32-40-48-56-70(6)7)94-77(82)60-52-44-35-26-22-17-13-11-10-12-15-19-23-30-38-46-54-68(2)3/h68-74,79H,9-67H2,1-8H3,(H,84,85)(H,86,87)/t71?,72?,73-,74-/m1/s1. The minimum absolute atomic E-state index is 0.105. The van der Waals surface area contributed by atoms with Crippen molar-refractivity contribution >= 4 is 39.5 Å². The second-order valence-electron chi connectivity index (χ2n) is 29.8. The number of hydrogen-bond donors (Lipinski definition) is 3. The first-order valence-electron chi connectivity index (χ1n) is 40.2. The van der Waals surface area contributed by atoms with Gasteiger partial charge in [-0.2, -0.15) is 0 Å². The molecule has 0 aromatic rings. The summed E-state index contributed by atoms with van der Waals surface area (Å²) in [7, 11) is -9.92. The Morgan fingerprint density at radius 2 is 0.495 bits per heavy atom. The Kier molecular flexibility index (Phi) is 65.9. The fourth-order valence-electron chi connectivity index (χ4n) is 11.9. The van der Waals surface area contributed by atoms with Crippen LogP contribution in [-0.2, 0) is 65.4 Å². The molecule has 0 radical (unpaired) electrons. The summed E-state index contributed by atoms with van der Waals surface area (Å²) in [6.45, 7) is 14.2. The zero-order valence-corrected chi connectivity index (χ0v) is 65.5. The van der Waals surface area contributed by atoms with E-state index in [1.54, 1.807) is 0 Å². The molecular weight excluding hydrogens is 1270 g/mol. The average Bonchev–Trinajstić information content (AvgIpc) is 1.18. The summed E-state index contributed by atoms with van der Waals surface area (Å²) in [6, 6.07) is 0. The number of aliphatic hydroxyl groups is 1. The number of phosphoric acid groups is 2. The molecule has 0 saturated heterocycles. The maximum absolute atomic E-state index is 13.1. The summed E-state index contributed by atoms with van der Waals surface area (Å²) < 4.78 is 68.6. The fourth-order valence-corrected chi connectivity index (χ4v) is 13.5. The summed E-state index contributed by atoms with van der Waals surface area (Å²) in [5.74, 6) is 0.955. The monoisotopic (exact) mass is 1420 g/mol. The van der Waals surface area contributed by atoms with E-state index in [0.717, 1.165) is 114 Å². The van der Waals surface area contributed by atoms with Gasteiger partial charge in [-0.25, -0.2) is 9.13 Å². The van der Waals surface area contributed by atoms with E-state index in [9.17, 15) is 43.2 Å². The molecule has 0 aliphatic heterocycles. The lowest BCUT2D eigenvalue weighted by atomic mass is 9.99. The molecule has 19 heteroatoms. The lowest BCUT2D eigenvalue weighted by Crippen LogP contribution is -2.30. The van der Waals surface area contributed by atoms with Crippen molar-refractivity contribution in [3.63, 3.8) is 0 Å². The number of phosphoric ester groups is 2. The van der Waals surface area contributed by atoms with Crippen LogP contribution in [0.4, 0.5) is 0 Å². The quantitative estimate of drug-likeness (QED) is 0.0222. The maximum atomic E-state index is 13.1. The van der Waals surface area contributed by atoms with Gasteiger partial charge in [0.15, 0.2) is 12.2 Å². The van der Waals surface area contributed by atoms with Gasteiger partial charge in [-0.1, -0.05) is 344 Å². The summed E-state index contributed by atoms with van der Waals surface area (Å²) in [6.07, 6.45) is 52.8. The van der Waals surface area contributed by atoms with Gasteiger partial charge in [0.1, 0.15) is 19.3 Å². The first-order valence-corrected chi connectivity index (χ1v) is 43.2. The number of esters is 4. The molecule has 0 aromatic heterocycles. The Hall–Kier alpha value is -1.94. The first-order chi connectivity index (χ1) is 46.6. The van der Waals surface area contributed by atoms with Crippen LogP contribution in [0.15, 0.2) is 0 Å². The number of hydrogen-bond acceptors (Lipinski definition) is 15. The Labute approximate surface area is 594 Å². The topological polar surface area (TPSA) is 237 Å². The molecular formula is C78H152O17P2. The van der Waals surface area contributed by atoms with Gasteiger partial charge in [-0.15, -0.1) is 0 Å². The van der Waals surface area contributed by atoms with Crippen molar-refractivity contribution in [3.05, 3.63) is 0 Å². The summed E-state index contributed by atoms with van der Waals surface area (Å²) >= 11 is 0. The molecule has 0 amide bonds. The van der Waals surface area contributed by atoms with Gasteiger partial charge in [0.2, 0.25) is 0 Å². The van der Waals surface area contributed by atoms with Crippen LogP contribution >= 0.6 is 15.6 Å². The molecule has 0 bridgehead atoms. The Morgan fingerprint density at radius 3 is 0.732 bits per heavy atom. The summed E-state index contributed by atoms with van der Waals surface area (Å²) in [4.78, 5) is 72.9. The number of ether oxygens (including phenoxy) is 4. The molecule has 0 saturated carbocycles. The number of rotatable bonds is 75. The highest BCUT2D eigenvalue weighted by atomic mass is 31.2. The molecule has 17 nitrogen and oxygen atoms in total. The molecule has 0 spiro atoms. The van der Waals surface area contributed by atoms with E-state index in [1.165, 1.54) is 193 Å². The van der Waals surface area contributed by atoms with Crippen LogP contribution in [0.3, 0.4) is 0 Å². The molecule has 4 unspecified atom stereocenters. The zero-order valence-electron chi connectivity index (χ0n) is 63.7. The second-order valence-corrected chi connectivity index (χ2v) is 32.7. The van der Waals surface area contributed by atoms with Crippen LogP contribution in [0.25, 0.3) is 0 Å². The molecule has 97 heavy (non-hydrogen) atoms. The van der Waals surface area contributed by atoms with Gasteiger partial charge in [-0.05, 0) is 49.4 Å². The third kappa shape index (κ3) is 70.9. The van der Waals surface area contributed by atoms with E-state index >= 15 is 0 Å². The molecule has 0 rings (SSSR count). The van der Waals surface area contributed by atoms with Gasteiger partial charge >= 0.3 is 39.5 Å². The highest BCUT2D eigenvalue weighted by Crippen LogP contribution is 2.45.